The molecule has 0 bridgehead atoms. The molecular weight excluding hydrogens is 863 g/mol. The zero-order valence-corrected chi connectivity index (χ0v) is 47.8. The molecule has 0 spiro atoms. The number of nitrogens with one attached hydrogen (secondary N) is 1. The number of carbonyl (C=O) groups is 2. The van der Waals surface area contributed by atoms with E-state index in [-0.39, 0.29) is 18.5 Å². The van der Waals surface area contributed by atoms with Gasteiger partial charge in [0.05, 0.1) is 25.4 Å². The van der Waals surface area contributed by atoms with E-state index in [4.69, 9.17) is 4.74 Å². The summed E-state index contributed by atoms with van der Waals surface area (Å²) in [5, 5.41) is 23.3. The van der Waals surface area contributed by atoms with Gasteiger partial charge in [-0.25, -0.2) is 0 Å². The zero-order chi connectivity index (χ0) is 50.7. The molecule has 0 aromatic rings. The van der Waals surface area contributed by atoms with E-state index in [1.807, 2.05) is 0 Å². The molecule has 6 nitrogen and oxygen atoms in total. The van der Waals surface area contributed by atoms with Crippen LogP contribution in [0.15, 0.2) is 0 Å². The van der Waals surface area contributed by atoms with Gasteiger partial charge in [-0.15, -0.1) is 0 Å². The van der Waals surface area contributed by atoms with Crippen LogP contribution in [0.5, 0.6) is 0 Å². The van der Waals surface area contributed by atoms with Crippen molar-refractivity contribution < 1.29 is 24.5 Å². The maximum Gasteiger partial charge on any atom is 0.305 e. The predicted octanol–water partition coefficient (Wildman–Crippen LogP) is 20.3. The number of rotatable bonds is 61. The Balaban J connectivity index is 3.33. The Morgan fingerprint density at radius 3 is 0.871 bits per heavy atom. The van der Waals surface area contributed by atoms with Crippen LogP contribution in [0, 0.1) is 0 Å². The van der Waals surface area contributed by atoms with Crippen molar-refractivity contribution in [3.05, 3.63) is 0 Å². The molecule has 0 aliphatic carbocycles. The summed E-state index contributed by atoms with van der Waals surface area (Å²) in [6.45, 7) is 4.98. The highest BCUT2D eigenvalue weighted by molar-refractivity contribution is 5.76. The molecule has 1 amide bonds. The summed E-state index contributed by atoms with van der Waals surface area (Å²) in [6.07, 6.45) is 71.3. The Labute approximate surface area is 438 Å². The van der Waals surface area contributed by atoms with Crippen LogP contribution in [-0.4, -0.2) is 47.4 Å². The second-order valence-electron chi connectivity index (χ2n) is 22.5. The van der Waals surface area contributed by atoms with Gasteiger partial charge in [0.25, 0.3) is 0 Å². The van der Waals surface area contributed by atoms with Crippen LogP contribution < -0.4 is 5.32 Å². The Hall–Kier alpha value is -1.14. The number of aliphatic hydroxyl groups is 2. The van der Waals surface area contributed by atoms with Crippen molar-refractivity contribution in [1.82, 2.24) is 5.32 Å². The van der Waals surface area contributed by atoms with Gasteiger partial charge in [0.2, 0.25) is 5.91 Å². The van der Waals surface area contributed by atoms with Crippen molar-refractivity contribution in [2.24, 2.45) is 0 Å². The van der Waals surface area contributed by atoms with E-state index in [0.29, 0.717) is 25.9 Å². The summed E-state index contributed by atoms with van der Waals surface area (Å²) < 4.78 is 5.47. The van der Waals surface area contributed by atoms with E-state index < -0.39 is 12.1 Å². The fraction of sp³-hybridized carbons (Fsp3) is 0.969. The molecule has 0 rings (SSSR count). The lowest BCUT2D eigenvalue weighted by Gasteiger charge is -2.22. The van der Waals surface area contributed by atoms with E-state index in [1.54, 1.807) is 0 Å². The number of esters is 1. The number of amides is 1. The first-order chi connectivity index (χ1) is 34.5. The third-order valence-corrected chi connectivity index (χ3v) is 15.4. The molecule has 0 fully saturated rings. The molecule has 0 aliphatic rings. The van der Waals surface area contributed by atoms with Crippen LogP contribution in [0.1, 0.15) is 373 Å². The predicted molar refractivity (Wildman–Crippen MR) is 306 cm³/mol. The lowest BCUT2D eigenvalue weighted by atomic mass is 10.0. The summed E-state index contributed by atoms with van der Waals surface area (Å²) in [4.78, 5) is 24.5. The molecule has 2 unspecified atom stereocenters. The summed E-state index contributed by atoms with van der Waals surface area (Å²) in [5.41, 5.74) is 0. The first-order valence-electron chi connectivity index (χ1n) is 32.3. The molecule has 2 atom stereocenters. The van der Waals surface area contributed by atoms with E-state index in [1.165, 1.54) is 302 Å². The average Bonchev–Trinajstić information content (AvgIpc) is 3.36. The maximum atomic E-state index is 12.5. The topological polar surface area (TPSA) is 95.9 Å². The van der Waals surface area contributed by atoms with Gasteiger partial charge in [0.15, 0.2) is 0 Å². The normalized spacial score (nSPS) is 12.5. The number of ether oxygens (including phenoxy) is 1. The first kappa shape index (κ1) is 68.9. The van der Waals surface area contributed by atoms with Crippen molar-refractivity contribution in [1.29, 1.82) is 0 Å². The van der Waals surface area contributed by atoms with Crippen molar-refractivity contribution in [3.63, 3.8) is 0 Å². The fourth-order valence-electron chi connectivity index (χ4n) is 10.5. The van der Waals surface area contributed by atoms with Crippen LogP contribution in [0.25, 0.3) is 0 Å². The van der Waals surface area contributed by atoms with Crippen LogP contribution in [0.3, 0.4) is 0 Å². The van der Waals surface area contributed by atoms with E-state index >= 15 is 0 Å². The quantitative estimate of drug-likeness (QED) is 0.0417. The molecule has 0 radical (unpaired) electrons. The average molecular weight is 991 g/mol. The van der Waals surface area contributed by atoms with Crippen molar-refractivity contribution >= 4 is 11.9 Å². The van der Waals surface area contributed by atoms with Gasteiger partial charge in [-0.1, -0.05) is 335 Å². The first-order valence-corrected chi connectivity index (χ1v) is 32.3. The molecule has 0 aliphatic heterocycles. The Bertz CT molecular complexity index is 1010. The van der Waals surface area contributed by atoms with Gasteiger partial charge >= 0.3 is 5.97 Å². The third kappa shape index (κ3) is 56.2. The maximum absolute atomic E-state index is 12.5. The summed E-state index contributed by atoms with van der Waals surface area (Å²) >= 11 is 0. The van der Waals surface area contributed by atoms with Gasteiger partial charge in [-0.3, -0.25) is 9.59 Å². The molecule has 3 N–H and O–H groups in total. The highest BCUT2D eigenvalue weighted by Gasteiger charge is 2.20. The monoisotopic (exact) mass is 990 g/mol. The van der Waals surface area contributed by atoms with Crippen molar-refractivity contribution in [2.75, 3.05) is 13.2 Å². The number of aliphatic hydroxyl groups excluding tert-OH is 2. The number of unbranched alkanes of at least 4 members (excludes halogenated alkanes) is 50. The zero-order valence-electron chi connectivity index (χ0n) is 47.8. The van der Waals surface area contributed by atoms with Crippen LogP contribution >= 0.6 is 0 Å². The SMILES string of the molecule is CCCCCCCCCCCCCCCCCC(O)C(CO)NC(=O)CCCCCCCCCCCCCCCCCCCCCCCCCCCCCOC(=O)CCCCCCCCCCCCC. The molecule has 418 valence electrons. The largest absolute Gasteiger partial charge is 0.466 e. The summed E-state index contributed by atoms with van der Waals surface area (Å²) in [7, 11) is 0. The van der Waals surface area contributed by atoms with Gasteiger partial charge < -0.3 is 20.3 Å². The highest BCUT2D eigenvalue weighted by atomic mass is 16.5. The van der Waals surface area contributed by atoms with Gasteiger partial charge in [0, 0.05) is 12.8 Å². The Kier molecular flexibility index (Phi) is 59.4. The minimum Gasteiger partial charge on any atom is -0.466 e. The van der Waals surface area contributed by atoms with Crippen LogP contribution in [0.4, 0.5) is 0 Å². The smallest absolute Gasteiger partial charge is 0.305 e. The lowest BCUT2D eigenvalue weighted by molar-refractivity contribution is -0.143. The van der Waals surface area contributed by atoms with Gasteiger partial charge in [-0.05, 0) is 25.7 Å². The second kappa shape index (κ2) is 60.4. The molecule has 0 saturated heterocycles. The standard InChI is InChI=1S/C64H127NO5/c1-3-5-7-9-11-13-15-16-30-33-37-40-44-48-52-56-62(67)61(60-66)65-63(68)57-53-49-45-41-38-34-31-28-26-24-22-20-18-17-19-21-23-25-27-29-32-35-39-43-47-51-55-59-70-64(69)58-54-50-46-42-36-14-12-10-8-6-4-2/h61-62,66-67H,3-60H2,1-2H3,(H,65,68). The molecular formula is C64H127NO5. The number of hydrogen-bond donors (Lipinski definition) is 3. The second-order valence-corrected chi connectivity index (χ2v) is 22.5. The summed E-state index contributed by atoms with van der Waals surface area (Å²) in [6, 6.07) is -0.538. The lowest BCUT2D eigenvalue weighted by Crippen LogP contribution is -2.45. The highest BCUT2D eigenvalue weighted by Crippen LogP contribution is 2.19. The van der Waals surface area contributed by atoms with Gasteiger partial charge in [0.1, 0.15) is 0 Å². The van der Waals surface area contributed by atoms with Crippen LogP contribution in [-0.2, 0) is 14.3 Å². The van der Waals surface area contributed by atoms with E-state index in [9.17, 15) is 19.8 Å². The molecule has 0 heterocycles. The summed E-state index contributed by atoms with van der Waals surface area (Å²) in [5.74, 6) is -0.0103. The number of carbonyl (C=O) groups excluding carboxylic acids is 2. The Morgan fingerprint density at radius 1 is 0.343 bits per heavy atom. The Morgan fingerprint density at radius 2 is 0.586 bits per heavy atom. The third-order valence-electron chi connectivity index (χ3n) is 15.4. The fourth-order valence-corrected chi connectivity index (χ4v) is 10.5. The molecule has 0 saturated carbocycles. The van der Waals surface area contributed by atoms with Gasteiger partial charge in [-0.2, -0.15) is 0 Å². The van der Waals surface area contributed by atoms with Crippen LogP contribution in [0.2, 0.25) is 0 Å². The molecule has 0 aromatic carbocycles. The minimum absolute atomic E-state index is 0.0187. The molecule has 70 heavy (non-hydrogen) atoms. The minimum atomic E-state index is -0.661. The number of hydrogen-bond acceptors (Lipinski definition) is 5. The van der Waals surface area contributed by atoms with Crippen molar-refractivity contribution in [3.8, 4) is 0 Å². The van der Waals surface area contributed by atoms with E-state index in [2.05, 4.69) is 19.2 Å². The molecule has 0 aromatic heterocycles. The molecule has 6 heteroatoms. The van der Waals surface area contributed by atoms with E-state index in [0.717, 1.165) is 38.5 Å². The van der Waals surface area contributed by atoms with Crippen molar-refractivity contribution in [2.45, 2.75) is 386 Å².